The summed E-state index contributed by atoms with van der Waals surface area (Å²) in [6.07, 6.45) is 10.3. The molecule has 3 aromatic heterocycles. The van der Waals surface area contributed by atoms with E-state index in [4.69, 9.17) is 10.2 Å². The second-order valence-electron chi connectivity index (χ2n) is 10.7. The molecule has 4 aromatic rings. The van der Waals surface area contributed by atoms with Crippen LogP contribution in [0.5, 0.6) is 0 Å². The minimum absolute atomic E-state index is 0.0368. The van der Waals surface area contributed by atoms with Crippen LogP contribution in [0.2, 0.25) is 0 Å². The molecule has 8 rings (SSSR count). The first-order chi connectivity index (χ1) is 16.6. The van der Waals surface area contributed by atoms with Gasteiger partial charge in [-0.3, -0.25) is 4.90 Å². The molecule has 3 heterocycles. The minimum Gasteiger partial charge on any atom is -0.407 e. The van der Waals surface area contributed by atoms with E-state index in [-0.39, 0.29) is 11.5 Å². The van der Waals surface area contributed by atoms with Gasteiger partial charge in [-0.15, -0.1) is 10.2 Å². The fourth-order valence-corrected chi connectivity index (χ4v) is 7.31. The van der Waals surface area contributed by atoms with Gasteiger partial charge in [0.25, 0.3) is 5.95 Å². The number of rotatable bonds is 7. The molecule has 4 bridgehead atoms. The lowest BCUT2D eigenvalue weighted by Crippen LogP contribution is -2.48. The number of fused-ring (bicyclic) bond motifs is 1. The Bertz CT molecular complexity index is 1260. The van der Waals surface area contributed by atoms with Crippen molar-refractivity contribution in [1.82, 2.24) is 35.8 Å². The summed E-state index contributed by atoms with van der Waals surface area (Å²) in [5.74, 6) is 3.58. The van der Waals surface area contributed by atoms with Gasteiger partial charge in [-0.25, -0.2) is 0 Å². The molecule has 4 saturated carbocycles. The Balaban J connectivity index is 1.15. The summed E-state index contributed by atoms with van der Waals surface area (Å²) in [4.78, 5) is 5.11. The molecule has 0 aliphatic heterocycles. The van der Waals surface area contributed by atoms with E-state index in [9.17, 15) is 0 Å². The Morgan fingerprint density at radius 2 is 1.82 bits per heavy atom. The first-order valence-electron chi connectivity index (χ1n) is 12.3. The Hall–Kier alpha value is -3.27. The predicted octanol–water partition coefficient (Wildman–Crippen LogP) is 3.24. The van der Waals surface area contributed by atoms with Crippen LogP contribution in [0.15, 0.2) is 34.9 Å². The van der Waals surface area contributed by atoms with Gasteiger partial charge in [0.05, 0.1) is 0 Å². The highest BCUT2D eigenvalue weighted by Gasteiger charge is 2.54. The number of H-pyrrole nitrogens is 2. The monoisotopic (exact) mass is 459 g/mol. The maximum Gasteiger partial charge on any atom is 0.325 e. The summed E-state index contributed by atoms with van der Waals surface area (Å²) >= 11 is 0. The lowest BCUT2D eigenvalue weighted by atomic mass is 9.49. The molecule has 4 aliphatic rings. The average Bonchev–Trinajstić information content (AvgIpc) is 3.59. The molecule has 4 fully saturated rings. The third kappa shape index (κ3) is 3.31. The van der Waals surface area contributed by atoms with Crippen molar-refractivity contribution in [3.8, 4) is 0 Å². The lowest BCUT2D eigenvalue weighted by molar-refractivity contribution is -0.0176. The molecule has 4 N–H and O–H groups in total. The van der Waals surface area contributed by atoms with E-state index >= 15 is 0 Å². The van der Waals surface area contributed by atoms with E-state index < -0.39 is 0 Å². The van der Waals surface area contributed by atoms with Crippen molar-refractivity contribution in [3.63, 3.8) is 0 Å². The molecule has 0 saturated heterocycles. The third-order valence-corrected chi connectivity index (χ3v) is 8.29. The van der Waals surface area contributed by atoms with E-state index in [0.29, 0.717) is 24.9 Å². The Labute approximate surface area is 196 Å². The van der Waals surface area contributed by atoms with Gasteiger partial charge in [0.1, 0.15) is 0 Å². The number of anilines is 2. The first kappa shape index (κ1) is 20.1. The molecule has 0 spiro atoms. The summed E-state index contributed by atoms with van der Waals surface area (Å²) in [5, 5.41) is 24.9. The van der Waals surface area contributed by atoms with Crippen molar-refractivity contribution >= 4 is 22.9 Å². The summed E-state index contributed by atoms with van der Waals surface area (Å²) in [6, 6.07) is 8.44. The largest absolute Gasteiger partial charge is 0.407 e. The van der Waals surface area contributed by atoms with E-state index in [1.54, 1.807) is 4.90 Å². The number of aromatic nitrogens is 7. The first-order valence-corrected chi connectivity index (χ1v) is 12.3. The molecule has 176 valence electrons. The van der Waals surface area contributed by atoms with Crippen LogP contribution >= 0.6 is 0 Å². The molecule has 1 atom stereocenters. The number of hydrogen-bond donors (Lipinski definition) is 3. The fraction of sp³-hybridized carbons (Fsp3) is 0.542. The van der Waals surface area contributed by atoms with Gasteiger partial charge in [0.15, 0.2) is 0 Å². The van der Waals surface area contributed by atoms with Crippen molar-refractivity contribution in [2.45, 2.75) is 56.4 Å². The molecular weight excluding hydrogens is 430 g/mol. The second-order valence-corrected chi connectivity index (χ2v) is 10.7. The number of tetrazole rings is 1. The summed E-state index contributed by atoms with van der Waals surface area (Å²) in [6.45, 7) is 0.432. The highest BCUT2D eigenvalue weighted by atomic mass is 16.4. The lowest BCUT2D eigenvalue weighted by Gasteiger charge is -2.55. The van der Waals surface area contributed by atoms with Crippen molar-refractivity contribution in [1.29, 1.82) is 0 Å². The zero-order valence-electron chi connectivity index (χ0n) is 19.0. The number of nitrogens with two attached hydrogens (primary N) is 1. The normalized spacial score (nSPS) is 28.6. The molecule has 0 amide bonds. The van der Waals surface area contributed by atoms with Crippen LogP contribution in [0.4, 0.5) is 12.0 Å². The molecule has 4 aliphatic carbocycles. The number of para-hydroxylation sites is 1. The second kappa shape index (κ2) is 7.63. The standard InChI is InChI=1S/C24H29N9O/c25-18(8-17-12-26-20-4-2-1-3-19(17)20)13-33(22-28-31-32-29-22)23-30-27-21(34-23)24-9-14-5-15(10-24)7-16(6-14)11-24/h1-4,12,14-16,18,26H,5-11,13,25H2,(H,28,29,31,32)/t14?,15?,16?,18-,24?/m0/s1. The maximum atomic E-state index is 6.62. The highest BCUT2D eigenvalue weighted by Crippen LogP contribution is 2.60. The van der Waals surface area contributed by atoms with Crippen LogP contribution in [0.1, 0.15) is 50.0 Å². The van der Waals surface area contributed by atoms with Gasteiger partial charge in [-0.1, -0.05) is 28.4 Å². The van der Waals surface area contributed by atoms with Crippen LogP contribution in [0.3, 0.4) is 0 Å². The van der Waals surface area contributed by atoms with Crippen molar-refractivity contribution in [3.05, 3.63) is 41.9 Å². The van der Waals surface area contributed by atoms with Crippen LogP contribution in [0, 0.1) is 17.8 Å². The topological polar surface area (TPSA) is 138 Å². The molecule has 34 heavy (non-hydrogen) atoms. The Morgan fingerprint density at radius 3 is 2.56 bits per heavy atom. The van der Waals surface area contributed by atoms with Crippen LogP contribution in [-0.4, -0.2) is 48.4 Å². The zero-order valence-corrected chi connectivity index (χ0v) is 19.0. The van der Waals surface area contributed by atoms with Gasteiger partial charge >= 0.3 is 6.01 Å². The number of aromatic amines is 2. The molecular formula is C24H29N9O. The smallest absolute Gasteiger partial charge is 0.325 e. The third-order valence-electron chi connectivity index (χ3n) is 8.29. The summed E-state index contributed by atoms with van der Waals surface area (Å²) in [7, 11) is 0. The number of nitrogens with one attached hydrogen (secondary N) is 2. The zero-order chi connectivity index (χ0) is 22.7. The number of hydrogen-bond acceptors (Lipinski definition) is 8. The predicted molar refractivity (Wildman–Crippen MR) is 125 cm³/mol. The van der Waals surface area contributed by atoms with E-state index in [0.717, 1.165) is 29.2 Å². The van der Waals surface area contributed by atoms with Crippen LogP contribution in [0.25, 0.3) is 10.9 Å². The minimum atomic E-state index is -0.201. The molecule has 1 aromatic carbocycles. The van der Waals surface area contributed by atoms with Crippen molar-refractivity contribution < 1.29 is 4.42 Å². The van der Waals surface area contributed by atoms with E-state index in [1.807, 2.05) is 18.3 Å². The maximum absolute atomic E-state index is 6.62. The number of benzene rings is 1. The van der Waals surface area contributed by atoms with Gasteiger partial charge in [0.2, 0.25) is 5.89 Å². The van der Waals surface area contributed by atoms with Gasteiger partial charge in [0, 0.05) is 35.1 Å². The van der Waals surface area contributed by atoms with E-state index in [1.165, 1.54) is 49.5 Å². The van der Waals surface area contributed by atoms with Gasteiger partial charge in [-0.05, 0) is 79.5 Å². The highest BCUT2D eigenvalue weighted by molar-refractivity contribution is 5.83. The van der Waals surface area contributed by atoms with Crippen molar-refractivity contribution in [2.24, 2.45) is 23.5 Å². The number of nitrogens with zero attached hydrogens (tertiary/aromatic N) is 6. The SMILES string of the molecule is N[C@@H](Cc1c[nH]c2ccccc12)CN(c1nn[nH]n1)c1nnc(C23CC4CC(CC(C4)C2)C3)o1. The van der Waals surface area contributed by atoms with Crippen LogP contribution in [-0.2, 0) is 11.8 Å². The molecule has 10 heteroatoms. The Kier molecular flexibility index (Phi) is 4.52. The summed E-state index contributed by atoms with van der Waals surface area (Å²) in [5.41, 5.74) is 8.94. The van der Waals surface area contributed by atoms with E-state index in [2.05, 4.69) is 47.9 Å². The van der Waals surface area contributed by atoms with Gasteiger partial charge in [-0.2, -0.15) is 5.21 Å². The molecule has 10 nitrogen and oxygen atoms in total. The molecule has 0 radical (unpaired) electrons. The van der Waals surface area contributed by atoms with Gasteiger partial charge < -0.3 is 15.1 Å². The summed E-state index contributed by atoms with van der Waals surface area (Å²) < 4.78 is 6.38. The average molecular weight is 460 g/mol. The van der Waals surface area contributed by atoms with Crippen molar-refractivity contribution in [2.75, 3.05) is 11.4 Å². The Morgan fingerprint density at radius 1 is 1.06 bits per heavy atom. The molecule has 0 unspecified atom stereocenters. The van der Waals surface area contributed by atoms with Crippen LogP contribution < -0.4 is 10.6 Å². The fourth-order valence-electron chi connectivity index (χ4n) is 7.31. The quantitative estimate of drug-likeness (QED) is 0.383.